The first-order chi connectivity index (χ1) is 9.06. The van der Waals surface area contributed by atoms with E-state index in [1.54, 1.807) is 0 Å². The van der Waals surface area contributed by atoms with Gasteiger partial charge in [0.25, 0.3) is 0 Å². The minimum absolute atomic E-state index is 0.0575. The van der Waals surface area contributed by atoms with E-state index in [1.807, 2.05) is 6.92 Å². The van der Waals surface area contributed by atoms with Crippen LogP contribution in [0.4, 0.5) is 0 Å². The molecule has 0 bridgehead atoms. The van der Waals surface area contributed by atoms with E-state index >= 15 is 0 Å². The van der Waals surface area contributed by atoms with Crippen LogP contribution in [0.25, 0.3) is 0 Å². The lowest BCUT2D eigenvalue weighted by Gasteiger charge is -2.14. The van der Waals surface area contributed by atoms with Gasteiger partial charge in [0, 0.05) is 17.3 Å². The fraction of sp³-hybridized carbons (Fsp3) is 0.800. The molecule has 0 aliphatic carbocycles. The van der Waals surface area contributed by atoms with E-state index in [1.165, 1.54) is 11.3 Å². The first kappa shape index (κ1) is 14.5. The first-order valence-electron chi connectivity index (χ1n) is 7.56. The standard InChI is InChI=1S/C15H27N3O/c1-5-13-15(11(4)16)14(6-2)18(17-13)9-12-8-7-10(3)19-12/h10-12H,5-9,16H2,1-4H3. The molecule has 0 saturated carbocycles. The van der Waals surface area contributed by atoms with Gasteiger partial charge in [0.15, 0.2) is 0 Å². The lowest BCUT2D eigenvalue weighted by Crippen LogP contribution is -2.19. The van der Waals surface area contributed by atoms with E-state index in [0.717, 1.165) is 37.9 Å². The molecule has 2 heterocycles. The van der Waals surface area contributed by atoms with E-state index in [2.05, 4.69) is 25.5 Å². The molecule has 2 rings (SSSR count). The van der Waals surface area contributed by atoms with Gasteiger partial charge in [-0.25, -0.2) is 0 Å². The van der Waals surface area contributed by atoms with Gasteiger partial charge in [-0.3, -0.25) is 4.68 Å². The van der Waals surface area contributed by atoms with Gasteiger partial charge in [-0.2, -0.15) is 5.10 Å². The summed E-state index contributed by atoms with van der Waals surface area (Å²) < 4.78 is 8.05. The number of ether oxygens (including phenoxy) is 1. The molecule has 1 saturated heterocycles. The highest BCUT2D eigenvalue weighted by Gasteiger charge is 2.25. The van der Waals surface area contributed by atoms with E-state index in [-0.39, 0.29) is 6.04 Å². The van der Waals surface area contributed by atoms with Crippen LogP contribution in [0.5, 0.6) is 0 Å². The molecular weight excluding hydrogens is 238 g/mol. The van der Waals surface area contributed by atoms with Crippen molar-refractivity contribution in [1.82, 2.24) is 9.78 Å². The van der Waals surface area contributed by atoms with E-state index < -0.39 is 0 Å². The Bertz CT molecular complexity index is 425. The van der Waals surface area contributed by atoms with E-state index in [4.69, 9.17) is 15.6 Å². The molecule has 3 atom stereocenters. The van der Waals surface area contributed by atoms with Crippen molar-refractivity contribution in [2.75, 3.05) is 0 Å². The van der Waals surface area contributed by atoms with Gasteiger partial charge in [0.05, 0.1) is 24.4 Å². The van der Waals surface area contributed by atoms with Crippen LogP contribution < -0.4 is 5.73 Å². The normalized spacial score (nSPS) is 24.9. The second-order valence-corrected chi connectivity index (χ2v) is 5.63. The SMILES string of the molecule is CCc1nn(CC2CCC(C)O2)c(CC)c1C(C)N. The maximum absolute atomic E-state index is 6.13. The third-order valence-electron chi connectivity index (χ3n) is 4.00. The average Bonchev–Trinajstić information content (AvgIpc) is 2.93. The zero-order chi connectivity index (χ0) is 14.0. The highest BCUT2D eigenvalue weighted by molar-refractivity contribution is 5.29. The third-order valence-corrected chi connectivity index (χ3v) is 4.00. The molecule has 1 aromatic rings. The number of hydrogen-bond donors (Lipinski definition) is 1. The largest absolute Gasteiger partial charge is 0.373 e. The Morgan fingerprint density at radius 1 is 1.37 bits per heavy atom. The van der Waals surface area contributed by atoms with Gasteiger partial charge in [-0.1, -0.05) is 13.8 Å². The molecule has 0 radical (unpaired) electrons. The van der Waals surface area contributed by atoms with Gasteiger partial charge in [-0.15, -0.1) is 0 Å². The highest BCUT2D eigenvalue weighted by atomic mass is 16.5. The van der Waals surface area contributed by atoms with Crippen molar-refractivity contribution < 1.29 is 4.74 Å². The average molecular weight is 265 g/mol. The van der Waals surface area contributed by atoms with Crippen molar-refractivity contribution in [3.63, 3.8) is 0 Å². The molecule has 1 fully saturated rings. The Kier molecular flexibility index (Phi) is 4.63. The maximum atomic E-state index is 6.13. The maximum Gasteiger partial charge on any atom is 0.0775 e. The number of rotatable bonds is 5. The van der Waals surface area contributed by atoms with Crippen LogP contribution >= 0.6 is 0 Å². The molecule has 4 nitrogen and oxygen atoms in total. The van der Waals surface area contributed by atoms with Gasteiger partial charge in [0.1, 0.15) is 0 Å². The quantitative estimate of drug-likeness (QED) is 0.890. The molecule has 4 heteroatoms. The summed E-state index contributed by atoms with van der Waals surface area (Å²) in [4.78, 5) is 0. The minimum Gasteiger partial charge on any atom is -0.373 e. The summed E-state index contributed by atoms with van der Waals surface area (Å²) in [7, 11) is 0. The predicted molar refractivity (Wildman–Crippen MR) is 77.2 cm³/mol. The Morgan fingerprint density at radius 2 is 2.11 bits per heavy atom. The summed E-state index contributed by atoms with van der Waals surface area (Å²) in [5.74, 6) is 0. The Labute approximate surface area is 116 Å². The van der Waals surface area contributed by atoms with Gasteiger partial charge >= 0.3 is 0 Å². The topological polar surface area (TPSA) is 53.1 Å². The summed E-state index contributed by atoms with van der Waals surface area (Å²) in [6.07, 6.45) is 4.92. The second-order valence-electron chi connectivity index (χ2n) is 5.63. The molecule has 3 unspecified atom stereocenters. The molecular formula is C15H27N3O. The molecule has 19 heavy (non-hydrogen) atoms. The molecule has 1 aromatic heterocycles. The molecule has 108 valence electrons. The molecule has 0 aromatic carbocycles. The molecule has 0 spiro atoms. The van der Waals surface area contributed by atoms with Gasteiger partial charge in [0.2, 0.25) is 0 Å². The van der Waals surface area contributed by atoms with Crippen LogP contribution in [0, 0.1) is 0 Å². The Morgan fingerprint density at radius 3 is 2.58 bits per heavy atom. The van der Waals surface area contributed by atoms with Crippen LogP contribution in [0.15, 0.2) is 0 Å². The van der Waals surface area contributed by atoms with Crippen molar-refractivity contribution in [2.24, 2.45) is 5.73 Å². The molecule has 2 N–H and O–H groups in total. The predicted octanol–water partition coefficient (Wildman–Crippen LogP) is 2.60. The van der Waals surface area contributed by atoms with Crippen molar-refractivity contribution >= 4 is 0 Å². The summed E-state index contributed by atoms with van der Waals surface area (Å²) in [6, 6.07) is 0.0575. The number of hydrogen-bond acceptors (Lipinski definition) is 3. The van der Waals surface area contributed by atoms with E-state index in [0.29, 0.717) is 12.2 Å². The third kappa shape index (κ3) is 3.00. The van der Waals surface area contributed by atoms with Crippen LogP contribution in [0.3, 0.4) is 0 Å². The summed E-state index contributed by atoms with van der Waals surface area (Å²) >= 11 is 0. The first-order valence-corrected chi connectivity index (χ1v) is 7.56. The van der Waals surface area contributed by atoms with Crippen molar-refractivity contribution in [1.29, 1.82) is 0 Å². The fourth-order valence-corrected chi connectivity index (χ4v) is 3.09. The van der Waals surface area contributed by atoms with Gasteiger partial charge < -0.3 is 10.5 Å². The van der Waals surface area contributed by atoms with Crippen LogP contribution in [0.2, 0.25) is 0 Å². The molecule has 1 aliphatic heterocycles. The number of nitrogens with two attached hydrogens (primary N) is 1. The smallest absolute Gasteiger partial charge is 0.0775 e. The van der Waals surface area contributed by atoms with E-state index in [9.17, 15) is 0 Å². The number of aryl methyl sites for hydroxylation is 1. The van der Waals surface area contributed by atoms with Crippen molar-refractivity contribution in [2.45, 2.75) is 78.2 Å². The summed E-state index contributed by atoms with van der Waals surface area (Å²) in [6.45, 7) is 9.39. The summed E-state index contributed by atoms with van der Waals surface area (Å²) in [5.41, 5.74) is 9.81. The zero-order valence-corrected chi connectivity index (χ0v) is 12.6. The van der Waals surface area contributed by atoms with Crippen LogP contribution in [0.1, 0.15) is 63.5 Å². The van der Waals surface area contributed by atoms with Crippen molar-refractivity contribution in [3.8, 4) is 0 Å². The highest BCUT2D eigenvalue weighted by Crippen LogP contribution is 2.25. The molecule has 1 aliphatic rings. The fourth-order valence-electron chi connectivity index (χ4n) is 3.09. The minimum atomic E-state index is 0.0575. The number of nitrogens with zero attached hydrogens (tertiary/aromatic N) is 2. The summed E-state index contributed by atoms with van der Waals surface area (Å²) in [5, 5.41) is 4.77. The Balaban J connectivity index is 2.24. The second kappa shape index (κ2) is 6.06. The molecule has 0 amide bonds. The van der Waals surface area contributed by atoms with Crippen molar-refractivity contribution in [3.05, 3.63) is 17.0 Å². The number of aromatic nitrogens is 2. The lowest BCUT2D eigenvalue weighted by atomic mass is 10.0. The van der Waals surface area contributed by atoms with Crippen LogP contribution in [-0.4, -0.2) is 22.0 Å². The van der Waals surface area contributed by atoms with Gasteiger partial charge in [-0.05, 0) is 39.5 Å². The van der Waals surface area contributed by atoms with Crippen LogP contribution in [-0.2, 0) is 24.1 Å². The Hall–Kier alpha value is -0.870. The lowest BCUT2D eigenvalue weighted by molar-refractivity contribution is 0.0431. The monoisotopic (exact) mass is 265 g/mol. The zero-order valence-electron chi connectivity index (χ0n) is 12.6.